The van der Waals surface area contributed by atoms with Crippen LogP contribution in [0, 0.1) is 0 Å². The molecule has 0 amide bonds. The van der Waals surface area contributed by atoms with E-state index in [9.17, 15) is 0 Å². The molecular weight excluding hydrogens is 204 g/mol. The minimum absolute atomic E-state index is 0.134. The normalized spacial score (nSPS) is 12.7. The maximum absolute atomic E-state index is 6.04. The highest BCUT2D eigenvalue weighted by Crippen LogP contribution is 2.21. The highest BCUT2D eigenvalue weighted by atomic mass is 32.2. The smallest absolute Gasteiger partial charge is 0.0295 e. The van der Waals surface area contributed by atoms with Crippen molar-refractivity contribution in [3.05, 3.63) is 29.8 Å². The largest absolute Gasteiger partial charge is 0.330 e. The average molecular weight is 224 g/mol. The van der Waals surface area contributed by atoms with Crippen LogP contribution >= 0.6 is 11.8 Å². The van der Waals surface area contributed by atoms with E-state index in [1.165, 1.54) is 10.5 Å². The number of rotatable bonds is 6. The number of nitrogens with two attached hydrogens (primary N) is 2. The third-order valence-corrected chi connectivity index (χ3v) is 3.23. The van der Waals surface area contributed by atoms with Gasteiger partial charge in [-0.15, -0.1) is 11.8 Å². The van der Waals surface area contributed by atoms with Gasteiger partial charge >= 0.3 is 0 Å². The maximum atomic E-state index is 6.04. The van der Waals surface area contributed by atoms with Gasteiger partial charge in [0.15, 0.2) is 0 Å². The van der Waals surface area contributed by atoms with Crippen LogP contribution in [0.15, 0.2) is 29.2 Å². The fourth-order valence-corrected chi connectivity index (χ4v) is 2.14. The Bertz CT molecular complexity index is 271. The minimum Gasteiger partial charge on any atom is -0.330 e. The predicted octanol–water partition coefficient (Wildman–Crippen LogP) is 2.54. The summed E-state index contributed by atoms with van der Waals surface area (Å²) >= 11 is 1.85. The van der Waals surface area contributed by atoms with E-state index in [0.29, 0.717) is 0 Å². The van der Waals surface area contributed by atoms with E-state index in [0.717, 1.165) is 25.1 Å². The van der Waals surface area contributed by atoms with Crippen LogP contribution in [0.5, 0.6) is 0 Å². The van der Waals surface area contributed by atoms with E-state index in [4.69, 9.17) is 11.5 Å². The Morgan fingerprint density at radius 1 is 1.27 bits per heavy atom. The molecule has 0 radical (unpaired) electrons. The third kappa shape index (κ3) is 4.24. The second-order valence-electron chi connectivity index (χ2n) is 3.54. The summed E-state index contributed by atoms with van der Waals surface area (Å²) in [4.78, 5) is 1.31. The minimum atomic E-state index is 0.134. The van der Waals surface area contributed by atoms with Crippen LogP contribution in [-0.4, -0.2) is 12.3 Å². The molecule has 0 aliphatic carbocycles. The summed E-state index contributed by atoms with van der Waals surface area (Å²) in [7, 11) is 0. The lowest BCUT2D eigenvalue weighted by molar-refractivity contribution is 0.617. The predicted molar refractivity (Wildman–Crippen MR) is 68.1 cm³/mol. The molecular formula is C12H20N2S. The van der Waals surface area contributed by atoms with Crippen molar-refractivity contribution in [3.63, 3.8) is 0 Å². The van der Waals surface area contributed by atoms with Gasteiger partial charge in [0.2, 0.25) is 0 Å². The molecule has 2 nitrogen and oxygen atoms in total. The van der Waals surface area contributed by atoms with Crippen molar-refractivity contribution < 1.29 is 0 Å². The van der Waals surface area contributed by atoms with Crippen LogP contribution in [0.4, 0.5) is 0 Å². The second-order valence-corrected chi connectivity index (χ2v) is 4.88. The van der Waals surface area contributed by atoms with Crippen LogP contribution in [0.25, 0.3) is 0 Å². The molecule has 1 rings (SSSR count). The molecule has 0 spiro atoms. The van der Waals surface area contributed by atoms with Crippen LogP contribution in [0.1, 0.15) is 31.4 Å². The molecule has 0 aliphatic heterocycles. The molecule has 84 valence electrons. The van der Waals surface area contributed by atoms with Gasteiger partial charge in [-0.05, 0) is 42.8 Å². The first-order valence-electron chi connectivity index (χ1n) is 5.46. The van der Waals surface area contributed by atoms with Gasteiger partial charge in [-0.2, -0.15) is 0 Å². The summed E-state index contributed by atoms with van der Waals surface area (Å²) in [5.74, 6) is 1.11. The molecule has 0 unspecified atom stereocenters. The number of benzene rings is 1. The molecule has 1 aromatic carbocycles. The summed E-state index contributed by atoms with van der Waals surface area (Å²) < 4.78 is 0. The Balaban J connectivity index is 2.54. The molecule has 1 aromatic rings. The number of hydrogen-bond donors (Lipinski definition) is 2. The van der Waals surface area contributed by atoms with Crippen LogP contribution in [-0.2, 0) is 0 Å². The molecule has 0 aromatic heterocycles. The van der Waals surface area contributed by atoms with Gasteiger partial charge in [-0.1, -0.05) is 19.1 Å². The first-order valence-corrected chi connectivity index (χ1v) is 6.45. The van der Waals surface area contributed by atoms with Crippen molar-refractivity contribution >= 4 is 11.8 Å². The summed E-state index contributed by atoms with van der Waals surface area (Å²) in [6.07, 6.45) is 1.96. The Morgan fingerprint density at radius 3 is 2.47 bits per heavy atom. The van der Waals surface area contributed by atoms with Crippen LogP contribution < -0.4 is 11.5 Å². The summed E-state index contributed by atoms with van der Waals surface area (Å²) in [6.45, 7) is 2.88. The van der Waals surface area contributed by atoms with Gasteiger partial charge in [0.1, 0.15) is 0 Å². The van der Waals surface area contributed by atoms with Crippen LogP contribution in [0.3, 0.4) is 0 Å². The zero-order valence-electron chi connectivity index (χ0n) is 9.28. The number of hydrogen-bond acceptors (Lipinski definition) is 3. The van der Waals surface area contributed by atoms with Crippen molar-refractivity contribution in [2.24, 2.45) is 11.5 Å². The summed E-state index contributed by atoms with van der Waals surface area (Å²) in [5.41, 5.74) is 12.7. The average Bonchev–Trinajstić information content (AvgIpc) is 2.27. The van der Waals surface area contributed by atoms with Crippen molar-refractivity contribution in [2.75, 3.05) is 12.3 Å². The topological polar surface area (TPSA) is 52.0 Å². The van der Waals surface area contributed by atoms with Crippen molar-refractivity contribution in [3.8, 4) is 0 Å². The van der Waals surface area contributed by atoms with E-state index < -0.39 is 0 Å². The third-order valence-electron chi connectivity index (χ3n) is 2.34. The summed E-state index contributed by atoms with van der Waals surface area (Å²) in [5, 5.41) is 0. The summed E-state index contributed by atoms with van der Waals surface area (Å²) in [6, 6.07) is 8.67. The molecule has 0 aliphatic rings. The van der Waals surface area contributed by atoms with E-state index >= 15 is 0 Å². The quantitative estimate of drug-likeness (QED) is 0.730. The Labute approximate surface area is 96.4 Å². The van der Waals surface area contributed by atoms with Crippen molar-refractivity contribution in [1.29, 1.82) is 0 Å². The molecule has 3 heteroatoms. The molecule has 0 saturated carbocycles. The van der Waals surface area contributed by atoms with E-state index in [1.54, 1.807) is 0 Å². The van der Waals surface area contributed by atoms with Crippen molar-refractivity contribution in [2.45, 2.75) is 30.7 Å². The van der Waals surface area contributed by atoms with Gasteiger partial charge in [-0.25, -0.2) is 0 Å². The zero-order valence-corrected chi connectivity index (χ0v) is 10.1. The Morgan fingerprint density at radius 2 is 1.93 bits per heavy atom. The Kier molecular flexibility index (Phi) is 5.76. The highest BCUT2D eigenvalue weighted by Gasteiger charge is 2.04. The van der Waals surface area contributed by atoms with E-state index in [-0.39, 0.29) is 6.04 Å². The van der Waals surface area contributed by atoms with Gasteiger partial charge in [0, 0.05) is 10.9 Å². The molecule has 0 saturated heterocycles. The van der Waals surface area contributed by atoms with Crippen molar-refractivity contribution in [1.82, 2.24) is 0 Å². The fourth-order valence-electron chi connectivity index (χ4n) is 1.48. The number of thioether (sulfide) groups is 1. The monoisotopic (exact) mass is 224 g/mol. The lowest BCUT2D eigenvalue weighted by Crippen LogP contribution is -2.12. The standard InChI is InChI=1S/C12H20N2S/c1-2-15-11-7-5-10(6-8-11)12(14)4-3-9-13/h5-8,12H,2-4,9,13-14H2,1H3/t12-/m1/s1. The molecule has 4 N–H and O–H groups in total. The zero-order chi connectivity index (χ0) is 11.1. The lowest BCUT2D eigenvalue weighted by atomic mass is 10.0. The van der Waals surface area contributed by atoms with Gasteiger partial charge in [0.05, 0.1) is 0 Å². The maximum Gasteiger partial charge on any atom is 0.0295 e. The highest BCUT2D eigenvalue weighted by molar-refractivity contribution is 7.99. The molecule has 1 atom stereocenters. The first-order chi connectivity index (χ1) is 7.27. The van der Waals surface area contributed by atoms with Gasteiger partial charge in [0.25, 0.3) is 0 Å². The second kappa shape index (κ2) is 6.88. The molecule has 0 fully saturated rings. The Hall–Kier alpha value is -0.510. The lowest BCUT2D eigenvalue weighted by Gasteiger charge is -2.11. The van der Waals surface area contributed by atoms with Gasteiger partial charge < -0.3 is 11.5 Å². The molecule has 15 heavy (non-hydrogen) atoms. The van der Waals surface area contributed by atoms with Gasteiger partial charge in [-0.3, -0.25) is 0 Å². The molecule has 0 bridgehead atoms. The van der Waals surface area contributed by atoms with E-state index in [1.807, 2.05) is 11.8 Å². The first kappa shape index (κ1) is 12.6. The fraction of sp³-hybridized carbons (Fsp3) is 0.500. The van der Waals surface area contributed by atoms with Crippen LogP contribution in [0.2, 0.25) is 0 Å². The molecule has 0 heterocycles. The van der Waals surface area contributed by atoms with E-state index in [2.05, 4.69) is 31.2 Å². The SMILES string of the molecule is CCSc1ccc([C@H](N)CCCN)cc1.